The van der Waals surface area contributed by atoms with Crippen LogP contribution in [0.4, 0.5) is 22.0 Å². The van der Waals surface area contributed by atoms with Crippen LogP contribution in [0.15, 0.2) is 24.3 Å². The molecule has 1 aliphatic rings. The van der Waals surface area contributed by atoms with Crippen LogP contribution in [0.1, 0.15) is 32.8 Å². The van der Waals surface area contributed by atoms with E-state index in [2.05, 4.69) is 0 Å². The number of ether oxygens (including phenoxy) is 2. The molecular formula is C22H23F5NO6P. The second kappa shape index (κ2) is 10.5. The van der Waals surface area contributed by atoms with Crippen LogP contribution in [0, 0.1) is 29.1 Å². The van der Waals surface area contributed by atoms with Crippen molar-refractivity contribution in [3.05, 3.63) is 58.9 Å². The third kappa shape index (κ3) is 6.50. The van der Waals surface area contributed by atoms with Gasteiger partial charge in [-0.15, -0.1) is 0 Å². The van der Waals surface area contributed by atoms with Gasteiger partial charge in [0.15, 0.2) is 0 Å². The summed E-state index contributed by atoms with van der Waals surface area (Å²) in [4.78, 5) is 12.1. The summed E-state index contributed by atoms with van der Waals surface area (Å²) in [6.07, 6.45) is -0.119. The van der Waals surface area contributed by atoms with E-state index in [-0.39, 0.29) is 17.8 Å². The molecule has 0 bridgehead atoms. The summed E-state index contributed by atoms with van der Waals surface area (Å²) in [5.41, 5.74) is 0.607. The number of rotatable bonds is 8. The lowest BCUT2D eigenvalue weighted by Crippen LogP contribution is -2.30. The molecule has 1 heterocycles. The van der Waals surface area contributed by atoms with Crippen LogP contribution in [0.5, 0.6) is 11.5 Å². The average Bonchev–Trinajstić information content (AvgIpc) is 3.31. The van der Waals surface area contributed by atoms with E-state index in [9.17, 15) is 31.3 Å². The lowest BCUT2D eigenvalue weighted by molar-refractivity contribution is -0.147. The minimum Gasteiger partial charge on any atom is -0.459 e. The van der Waals surface area contributed by atoms with E-state index in [0.29, 0.717) is 13.0 Å². The van der Waals surface area contributed by atoms with Gasteiger partial charge in [-0.3, -0.25) is 4.79 Å². The van der Waals surface area contributed by atoms with Gasteiger partial charge < -0.3 is 18.5 Å². The fourth-order valence-electron chi connectivity index (χ4n) is 3.02. The Morgan fingerprint density at radius 2 is 1.57 bits per heavy atom. The molecule has 2 aromatic rings. The first kappa shape index (κ1) is 26.9. The maximum Gasteiger partial charge on any atom is 0.513 e. The summed E-state index contributed by atoms with van der Waals surface area (Å²) in [5, 5.41) is 2.04. The first-order chi connectivity index (χ1) is 16.3. The summed E-state index contributed by atoms with van der Waals surface area (Å²) < 4.78 is 102. The molecule has 0 amide bonds. The molecule has 0 radical (unpaired) electrons. The number of esters is 1. The minimum atomic E-state index is -4.94. The van der Waals surface area contributed by atoms with E-state index >= 15 is 0 Å². The van der Waals surface area contributed by atoms with Crippen LogP contribution in [0.2, 0.25) is 0 Å². The highest BCUT2D eigenvalue weighted by Gasteiger charge is 2.36. The molecule has 1 saturated heterocycles. The Kier molecular flexibility index (Phi) is 8.08. The molecule has 13 heteroatoms. The molecule has 3 rings (SSSR count). The van der Waals surface area contributed by atoms with Crippen molar-refractivity contribution in [1.29, 1.82) is 0 Å². The summed E-state index contributed by atoms with van der Waals surface area (Å²) >= 11 is 0. The molecule has 0 spiro atoms. The molecule has 2 aromatic carbocycles. The van der Waals surface area contributed by atoms with Crippen molar-refractivity contribution in [2.75, 3.05) is 19.8 Å². The maximum atomic E-state index is 14.2. The number of nitrogens with one attached hydrogen (secondary N) is 1. The Morgan fingerprint density at radius 3 is 2.09 bits per heavy atom. The van der Waals surface area contributed by atoms with Gasteiger partial charge in [-0.2, -0.15) is 13.9 Å². The number of hydrogen-bond donors (Lipinski definition) is 1. The van der Waals surface area contributed by atoms with Gasteiger partial charge in [0.25, 0.3) is 0 Å². The van der Waals surface area contributed by atoms with Crippen LogP contribution in [-0.4, -0.2) is 31.8 Å². The number of hydrogen-bond acceptors (Lipinski definition) is 6. The molecule has 192 valence electrons. The van der Waals surface area contributed by atoms with Gasteiger partial charge in [0, 0.05) is 6.42 Å². The molecule has 2 unspecified atom stereocenters. The standard InChI is InChI=1S/C22H23F5NO6P/c1-22(2,3)12-4-6-13(7-5-12)33-35(30,28-10-15(29)32-14-8-9-31-11-14)34-21-19(26)17(24)16(23)18(25)20(21)27/h4-7,14H,8-11H2,1-3H3,(H,28,30). The minimum absolute atomic E-state index is 0.129. The lowest BCUT2D eigenvalue weighted by atomic mass is 9.87. The zero-order chi connectivity index (χ0) is 26.0. The van der Waals surface area contributed by atoms with Crippen molar-refractivity contribution < 1.29 is 49.8 Å². The zero-order valence-corrected chi connectivity index (χ0v) is 19.9. The predicted molar refractivity (Wildman–Crippen MR) is 114 cm³/mol. The van der Waals surface area contributed by atoms with E-state index < -0.39 is 61.2 Å². The normalized spacial score (nSPS) is 17.7. The zero-order valence-electron chi connectivity index (χ0n) is 19.0. The van der Waals surface area contributed by atoms with Crippen LogP contribution in [0.3, 0.4) is 0 Å². The fraction of sp³-hybridized carbons (Fsp3) is 0.409. The Labute approximate surface area is 198 Å². The average molecular weight is 523 g/mol. The van der Waals surface area contributed by atoms with E-state index in [1.165, 1.54) is 12.1 Å². The first-order valence-electron chi connectivity index (χ1n) is 10.4. The van der Waals surface area contributed by atoms with Crippen LogP contribution in [0.25, 0.3) is 0 Å². The fourth-order valence-corrected chi connectivity index (χ4v) is 4.31. The smallest absolute Gasteiger partial charge is 0.459 e. The van der Waals surface area contributed by atoms with E-state index in [0.717, 1.165) is 5.56 Å². The van der Waals surface area contributed by atoms with Crippen molar-refractivity contribution >= 4 is 13.7 Å². The third-order valence-electron chi connectivity index (χ3n) is 4.93. The molecule has 2 atom stereocenters. The summed E-state index contributed by atoms with van der Waals surface area (Å²) in [6, 6.07) is 5.97. The predicted octanol–water partition coefficient (Wildman–Crippen LogP) is 5.17. The Bertz CT molecular complexity index is 1100. The van der Waals surface area contributed by atoms with Crippen molar-refractivity contribution in [2.45, 2.75) is 38.7 Å². The number of carbonyl (C=O) groups is 1. The van der Waals surface area contributed by atoms with Gasteiger partial charge >= 0.3 is 13.7 Å². The molecule has 1 aliphatic heterocycles. The van der Waals surface area contributed by atoms with Crippen molar-refractivity contribution in [3.8, 4) is 11.5 Å². The first-order valence-corrected chi connectivity index (χ1v) is 12.0. The van der Waals surface area contributed by atoms with E-state index in [1.54, 1.807) is 12.1 Å². The SMILES string of the molecule is CC(C)(C)c1ccc(OP(=O)(NCC(=O)OC2CCOC2)Oc2c(F)c(F)c(F)c(F)c2F)cc1. The van der Waals surface area contributed by atoms with Crippen LogP contribution >= 0.6 is 7.75 Å². The van der Waals surface area contributed by atoms with Gasteiger partial charge in [0.1, 0.15) is 18.4 Å². The number of benzene rings is 2. The summed E-state index contributed by atoms with van der Waals surface area (Å²) in [6.45, 7) is 5.50. The highest BCUT2D eigenvalue weighted by molar-refractivity contribution is 7.52. The Hall–Kier alpha value is -2.69. The second-order valence-electron chi connectivity index (χ2n) is 8.66. The van der Waals surface area contributed by atoms with Crippen molar-refractivity contribution in [3.63, 3.8) is 0 Å². The highest BCUT2D eigenvalue weighted by atomic mass is 31.2. The molecule has 0 aliphatic carbocycles. The van der Waals surface area contributed by atoms with Gasteiger partial charge in [0.05, 0.1) is 13.2 Å². The monoisotopic (exact) mass is 523 g/mol. The topological polar surface area (TPSA) is 83.1 Å². The lowest BCUT2D eigenvalue weighted by Gasteiger charge is -2.22. The molecule has 0 aromatic heterocycles. The van der Waals surface area contributed by atoms with Gasteiger partial charge in [-0.25, -0.2) is 17.7 Å². The molecular weight excluding hydrogens is 500 g/mol. The molecule has 0 saturated carbocycles. The molecule has 7 nitrogen and oxygen atoms in total. The summed E-state index contributed by atoms with van der Waals surface area (Å²) in [7, 11) is -4.94. The van der Waals surface area contributed by atoms with Gasteiger partial charge in [-0.1, -0.05) is 32.9 Å². The quantitative estimate of drug-likeness (QED) is 0.168. The van der Waals surface area contributed by atoms with Crippen molar-refractivity contribution in [2.24, 2.45) is 0 Å². The largest absolute Gasteiger partial charge is 0.513 e. The Balaban J connectivity index is 1.88. The highest BCUT2D eigenvalue weighted by Crippen LogP contribution is 2.47. The second-order valence-corrected chi connectivity index (χ2v) is 10.3. The Morgan fingerprint density at radius 1 is 1.00 bits per heavy atom. The van der Waals surface area contributed by atoms with E-state index in [1.807, 2.05) is 25.9 Å². The van der Waals surface area contributed by atoms with Crippen molar-refractivity contribution in [1.82, 2.24) is 5.09 Å². The third-order valence-corrected chi connectivity index (χ3v) is 6.35. The number of halogens is 5. The number of carbonyl (C=O) groups excluding carboxylic acids is 1. The van der Waals surface area contributed by atoms with Crippen LogP contribution < -0.4 is 14.1 Å². The van der Waals surface area contributed by atoms with Gasteiger partial charge in [-0.05, 0) is 23.1 Å². The van der Waals surface area contributed by atoms with Crippen LogP contribution in [-0.2, 0) is 24.2 Å². The molecule has 1 N–H and O–H groups in total. The molecule has 1 fully saturated rings. The maximum absolute atomic E-state index is 14.2. The summed E-state index contributed by atoms with van der Waals surface area (Å²) in [5.74, 6) is -14.6. The molecule has 35 heavy (non-hydrogen) atoms. The van der Waals surface area contributed by atoms with Gasteiger partial charge in [0.2, 0.25) is 34.8 Å². The van der Waals surface area contributed by atoms with E-state index in [4.69, 9.17) is 18.5 Å².